The van der Waals surface area contributed by atoms with E-state index in [9.17, 15) is 19.6 Å². The van der Waals surface area contributed by atoms with Crippen LogP contribution in [0.1, 0.15) is 75.0 Å². The molecule has 2 atom stereocenters. The Morgan fingerprint density at radius 2 is 1.69 bits per heavy atom. The Labute approximate surface area is 245 Å². The summed E-state index contributed by atoms with van der Waals surface area (Å²) in [5.41, 5.74) is 4.29. The van der Waals surface area contributed by atoms with Crippen LogP contribution >= 0.6 is 0 Å². The fourth-order valence-corrected chi connectivity index (χ4v) is 6.50. The van der Waals surface area contributed by atoms with Crippen molar-refractivity contribution in [1.82, 2.24) is 36.0 Å². The summed E-state index contributed by atoms with van der Waals surface area (Å²) in [5, 5.41) is 25.6. The Hall–Kier alpha value is -4.56. The van der Waals surface area contributed by atoms with Crippen LogP contribution in [-0.4, -0.2) is 77.1 Å². The zero-order valence-electron chi connectivity index (χ0n) is 24.2. The molecule has 2 aromatic carbocycles. The van der Waals surface area contributed by atoms with Gasteiger partial charge in [0.25, 0.3) is 11.8 Å². The molecular weight excluding hydrogens is 532 g/mol. The number of carbonyl (C=O) groups excluding carboxylic acids is 3. The topological polar surface area (TPSA) is 156 Å². The molecule has 2 aliphatic rings. The van der Waals surface area contributed by atoms with Crippen LogP contribution in [0.4, 0.5) is 0 Å². The van der Waals surface area contributed by atoms with Crippen molar-refractivity contribution < 1.29 is 14.4 Å². The van der Waals surface area contributed by atoms with Crippen LogP contribution in [0, 0.1) is 11.3 Å². The number of H-pyrrole nitrogens is 1. The van der Waals surface area contributed by atoms with Crippen molar-refractivity contribution in [2.45, 2.75) is 56.5 Å². The summed E-state index contributed by atoms with van der Waals surface area (Å²) in [4.78, 5) is 44.5. The number of nitriles is 1. The van der Waals surface area contributed by atoms with Gasteiger partial charge in [-0.05, 0) is 85.5 Å². The van der Waals surface area contributed by atoms with Gasteiger partial charge >= 0.3 is 0 Å². The standard InChI is InChI=1S/C31H36N8O3/c1-19(35-17-27(40)39-12-4-5-24(39)16-32)15-31(30-36-18-37-38-30)25-10-8-22(28(41)33-2)13-20(25)6-7-21-14-23(29(42)34-3)9-11-26(21)31/h8-11,13-14,18-19,24,35H,4-7,12,15,17H2,1-3H3,(H,33,41)(H,34,42)(H,36,37,38)/t19-,24+/m1/s1. The third kappa shape index (κ3) is 5.25. The Morgan fingerprint density at radius 3 is 2.21 bits per heavy atom. The van der Waals surface area contributed by atoms with E-state index >= 15 is 0 Å². The molecule has 11 nitrogen and oxygen atoms in total. The van der Waals surface area contributed by atoms with Gasteiger partial charge in [0.05, 0.1) is 18.0 Å². The number of carbonyl (C=O) groups is 3. The third-order valence-corrected chi connectivity index (χ3v) is 8.53. The van der Waals surface area contributed by atoms with E-state index in [1.54, 1.807) is 19.0 Å². The molecule has 2 heterocycles. The predicted octanol–water partition coefficient (Wildman–Crippen LogP) is 1.84. The lowest BCUT2D eigenvalue weighted by molar-refractivity contribution is -0.130. The minimum atomic E-state index is -0.821. The highest BCUT2D eigenvalue weighted by molar-refractivity contribution is 5.95. The Kier molecular flexibility index (Phi) is 8.36. The van der Waals surface area contributed by atoms with Gasteiger partial charge in [0.1, 0.15) is 18.2 Å². The number of aromatic amines is 1. The highest BCUT2D eigenvalue weighted by atomic mass is 16.2. The lowest BCUT2D eigenvalue weighted by Gasteiger charge is -2.37. The summed E-state index contributed by atoms with van der Waals surface area (Å²) in [6.45, 7) is 2.73. The molecular formula is C31H36N8O3. The van der Waals surface area contributed by atoms with E-state index in [-0.39, 0.29) is 36.3 Å². The Morgan fingerprint density at radius 1 is 1.07 bits per heavy atom. The minimum absolute atomic E-state index is 0.0910. The largest absolute Gasteiger partial charge is 0.355 e. The molecule has 1 fully saturated rings. The van der Waals surface area contributed by atoms with Gasteiger partial charge < -0.3 is 20.9 Å². The average Bonchev–Trinajstić information content (AvgIpc) is 3.71. The molecule has 11 heteroatoms. The van der Waals surface area contributed by atoms with Crippen LogP contribution in [0.5, 0.6) is 0 Å². The lowest BCUT2D eigenvalue weighted by Crippen LogP contribution is -2.45. The van der Waals surface area contributed by atoms with E-state index in [1.807, 2.05) is 43.3 Å². The molecule has 0 unspecified atom stereocenters. The highest BCUT2D eigenvalue weighted by Crippen LogP contribution is 2.47. The van der Waals surface area contributed by atoms with E-state index in [2.05, 4.69) is 37.2 Å². The molecule has 1 saturated heterocycles. The van der Waals surface area contributed by atoms with Gasteiger partial charge in [-0.2, -0.15) is 10.4 Å². The minimum Gasteiger partial charge on any atom is -0.355 e. The van der Waals surface area contributed by atoms with Crippen molar-refractivity contribution in [2.75, 3.05) is 27.2 Å². The second-order valence-electron chi connectivity index (χ2n) is 11.0. The monoisotopic (exact) mass is 568 g/mol. The summed E-state index contributed by atoms with van der Waals surface area (Å²) in [7, 11) is 3.22. The number of rotatable bonds is 8. The molecule has 42 heavy (non-hydrogen) atoms. The van der Waals surface area contributed by atoms with Crippen LogP contribution in [0.25, 0.3) is 0 Å². The number of amides is 3. The van der Waals surface area contributed by atoms with Crippen LogP contribution < -0.4 is 16.0 Å². The Balaban J connectivity index is 1.59. The molecule has 5 rings (SSSR count). The second kappa shape index (κ2) is 12.1. The number of nitrogens with zero attached hydrogens (tertiary/aromatic N) is 4. The third-order valence-electron chi connectivity index (χ3n) is 8.53. The lowest BCUT2D eigenvalue weighted by atomic mass is 9.67. The predicted molar refractivity (Wildman–Crippen MR) is 156 cm³/mol. The molecule has 3 amide bonds. The summed E-state index contributed by atoms with van der Waals surface area (Å²) >= 11 is 0. The van der Waals surface area contributed by atoms with Crippen LogP contribution in [-0.2, 0) is 23.1 Å². The van der Waals surface area contributed by atoms with Gasteiger partial charge in [0.2, 0.25) is 5.91 Å². The number of nitrogens with one attached hydrogen (secondary N) is 4. The number of likely N-dealkylation sites (tertiary alicyclic amines) is 1. The van der Waals surface area contributed by atoms with Crippen molar-refractivity contribution in [2.24, 2.45) is 0 Å². The van der Waals surface area contributed by atoms with Crippen molar-refractivity contribution in [1.29, 1.82) is 5.26 Å². The maximum Gasteiger partial charge on any atom is 0.251 e. The molecule has 0 saturated carbocycles. The van der Waals surface area contributed by atoms with Gasteiger partial charge in [0.15, 0.2) is 0 Å². The summed E-state index contributed by atoms with van der Waals surface area (Å²) in [6, 6.07) is 13.2. The van der Waals surface area contributed by atoms with Crippen molar-refractivity contribution in [3.63, 3.8) is 0 Å². The second-order valence-corrected chi connectivity index (χ2v) is 11.0. The summed E-state index contributed by atoms with van der Waals surface area (Å²) < 4.78 is 0. The van der Waals surface area contributed by atoms with Gasteiger partial charge in [0, 0.05) is 37.8 Å². The first kappa shape index (κ1) is 29.0. The average molecular weight is 569 g/mol. The van der Waals surface area contributed by atoms with Crippen LogP contribution in [0.3, 0.4) is 0 Å². The SMILES string of the molecule is CNC(=O)c1ccc2c(c1)CCc1cc(C(=O)NC)ccc1C2(C[C@@H](C)NCC(=O)N1CCC[C@H]1C#N)c1ncn[nH]1. The quantitative estimate of drug-likeness (QED) is 0.323. The van der Waals surface area contributed by atoms with Crippen LogP contribution in [0.15, 0.2) is 42.7 Å². The van der Waals surface area contributed by atoms with Crippen molar-refractivity contribution in [3.8, 4) is 6.07 Å². The van der Waals surface area contributed by atoms with Crippen molar-refractivity contribution in [3.05, 3.63) is 81.9 Å². The van der Waals surface area contributed by atoms with Gasteiger partial charge in [-0.3, -0.25) is 19.5 Å². The molecule has 0 spiro atoms. The van der Waals surface area contributed by atoms with E-state index in [0.717, 1.165) is 28.7 Å². The summed E-state index contributed by atoms with van der Waals surface area (Å²) in [6.07, 6.45) is 4.84. The summed E-state index contributed by atoms with van der Waals surface area (Å²) in [5.74, 6) is 0.207. The smallest absolute Gasteiger partial charge is 0.251 e. The maximum absolute atomic E-state index is 13.0. The number of benzene rings is 2. The van der Waals surface area contributed by atoms with Crippen molar-refractivity contribution >= 4 is 17.7 Å². The fourth-order valence-electron chi connectivity index (χ4n) is 6.50. The first-order valence-electron chi connectivity index (χ1n) is 14.3. The van der Waals surface area contributed by atoms with Crippen LogP contribution in [0.2, 0.25) is 0 Å². The number of hydrogen-bond donors (Lipinski definition) is 4. The molecule has 0 bridgehead atoms. The molecule has 0 radical (unpaired) electrons. The number of aryl methyl sites for hydroxylation is 2. The molecule has 1 aromatic heterocycles. The number of fused-ring (bicyclic) bond motifs is 2. The molecule has 1 aliphatic carbocycles. The molecule has 4 N–H and O–H groups in total. The van der Waals surface area contributed by atoms with Gasteiger partial charge in [-0.25, -0.2) is 4.98 Å². The van der Waals surface area contributed by atoms with E-state index in [4.69, 9.17) is 0 Å². The first-order valence-corrected chi connectivity index (χ1v) is 14.3. The molecule has 1 aliphatic heterocycles. The number of hydrogen-bond acceptors (Lipinski definition) is 7. The van der Waals surface area contributed by atoms with Gasteiger partial charge in [-0.15, -0.1) is 0 Å². The molecule has 218 valence electrons. The highest BCUT2D eigenvalue weighted by Gasteiger charge is 2.45. The maximum atomic E-state index is 13.0. The zero-order chi connectivity index (χ0) is 29.9. The Bertz CT molecular complexity index is 1460. The number of aromatic nitrogens is 3. The van der Waals surface area contributed by atoms with E-state index in [0.29, 0.717) is 49.2 Å². The van der Waals surface area contributed by atoms with Gasteiger partial charge in [-0.1, -0.05) is 12.1 Å². The first-order chi connectivity index (χ1) is 20.3. The zero-order valence-corrected chi connectivity index (χ0v) is 24.2. The normalized spacial score (nSPS) is 17.8. The van der Waals surface area contributed by atoms with E-state index < -0.39 is 5.41 Å². The molecule has 3 aromatic rings. The fraction of sp³-hybridized carbons (Fsp3) is 0.419. The van der Waals surface area contributed by atoms with E-state index in [1.165, 1.54) is 6.33 Å².